The van der Waals surface area contributed by atoms with Crippen molar-refractivity contribution < 1.29 is 9.66 Å². The van der Waals surface area contributed by atoms with Gasteiger partial charge in [0, 0.05) is 12.1 Å². The van der Waals surface area contributed by atoms with Crippen LogP contribution < -0.4 is 10.5 Å². The minimum Gasteiger partial charge on any atom is -0.455 e. The summed E-state index contributed by atoms with van der Waals surface area (Å²) >= 11 is 0. The number of nitro groups is 1. The highest BCUT2D eigenvalue weighted by Gasteiger charge is 2.14. The van der Waals surface area contributed by atoms with E-state index in [-0.39, 0.29) is 16.8 Å². The number of nitro benzene ring substituents is 1. The van der Waals surface area contributed by atoms with Gasteiger partial charge in [-0.05, 0) is 29.2 Å². The monoisotopic (exact) mass is 286 g/mol. The first-order chi connectivity index (χ1) is 9.77. The number of hydrogen-bond donors (Lipinski definition) is 1. The summed E-state index contributed by atoms with van der Waals surface area (Å²) in [6, 6.07) is 11.9. The van der Waals surface area contributed by atoms with Crippen molar-refractivity contribution >= 4 is 11.4 Å². The van der Waals surface area contributed by atoms with Crippen molar-refractivity contribution in [2.45, 2.75) is 26.2 Å². The first kappa shape index (κ1) is 14.8. The lowest BCUT2D eigenvalue weighted by molar-refractivity contribution is -0.384. The SMILES string of the molecule is CC(C)(C)c1ccc(Oc2ccc([N+](=O)[O-])cc2N)cc1. The van der Waals surface area contributed by atoms with E-state index in [0.29, 0.717) is 11.5 Å². The molecule has 2 N–H and O–H groups in total. The largest absolute Gasteiger partial charge is 0.455 e. The number of nitrogens with zero attached hydrogens (tertiary/aromatic N) is 1. The van der Waals surface area contributed by atoms with E-state index in [1.807, 2.05) is 24.3 Å². The molecule has 5 heteroatoms. The Kier molecular flexibility index (Phi) is 3.84. The van der Waals surface area contributed by atoms with Gasteiger partial charge >= 0.3 is 0 Å². The summed E-state index contributed by atoms with van der Waals surface area (Å²) in [5.74, 6) is 1.05. The normalized spacial score (nSPS) is 11.2. The Hall–Kier alpha value is -2.56. The first-order valence-corrected chi connectivity index (χ1v) is 6.60. The fourth-order valence-electron chi connectivity index (χ4n) is 1.89. The van der Waals surface area contributed by atoms with Crippen molar-refractivity contribution in [3.05, 3.63) is 58.1 Å². The Balaban J connectivity index is 2.20. The third-order valence-corrected chi connectivity index (χ3v) is 3.15. The van der Waals surface area contributed by atoms with Crippen LogP contribution >= 0.6 is 0 Å². The summed E-state index contributed by atoms with van der Waals surface area (Å²) in [7, 11) is 0. The zero-order valence-electron chi connectivity index (χ0n) is 12.3. The molecule has 0 bridgehead atoms. The number of rotatable bonds is 3. The molecule has 0 radical (unpaired) electrons. The molecule has 0 aliphatic rings. The van der Waals surface area contributed by atoms with Crippen LogP contribution in [0.15, 0.2) is 42.5 Å². The van der Waals surface area contributed by atoms with Crippen molar-refractivity contribution in [3.8, 4) is 11.5 Å². The minimum absolute atomic E-state index is 0.0528. The van der Waals surface area contributed by atoms with Gasteiger partial charge in [0.15, 0.2) is 5.75 Å². The predicted octanol–water partition coefficient (Wildman–Crippen LogP) is 4.27. The third kappa shape index (κ3) is 3.51. The van der Waals surface area contributed by atoms with Crippen LogP contribution in [0.25, 0.3) is 0 Å². The third-order valence-electron chi connectivity index (χ3n) is 3.15. The number of hydrogen-bond acceptors (Lipinski definition) is 4. The van der Waals surface area contributed by atoms with Gasteiger partial charge in [-0.25, -0.2) is 0 Å². The van der Waals surface area contributed by atoms with Crippen molar-refractivity contribution in [2.24, 2.45) is 0 Å². The van der Waals surface area contributed by atoms with E-state index >= 15 is 0 Å². The number of nitrogen functional groups attached to an aromatic ring is 1. The summed E-state index contributed by atoms with van der Waals surface area (Å²) in [5.41, 5.74) is 7.24. The van der Waals surface area contributed by atoms with E-state index < -0.39 is 4.92 Å². The second kappa shape index (κ2) is 5.44. The highest BCUT2D eigenvalue weighted by atomic mass is 16.6. The Labute approximate surface area is 123 Å². The van der Waals surface area contributed by atoms with E-state index in [1.165, 1.54) is 23.8 Å². The van der Waals surface area contributed by atoms with Gasteiger partial charge in [0.05, 0.1) is 10.6 Å². The topological polar surface area (TPSA) is 78.4 Å². The Morgan fingerprint density at radius 3 is 2.19 bits per heavy atom. The lowest BCUT2D eigenvalue weighted by atomic mass is 9.87. The van der Waals surface area contributed by atoms with Gasteiger partial charge in [0.1, 0.15) is 5.75 Å². The lowest BCUT2D eigenvalue weighted by Crippen LogP contribution is -2.10. The van der Waals surface area contributed by atoms with Crippen LogP contribution in [0, 0.1) is 10.1 Å². The van der Waals surface area contributed by atoms with Gasteiger partial charge in [-0.3, -0.25) is 10.1 Å². The molecule has 0 aliphatic heterocycles. The van der Waals surface area contributed by atoms with E-state index in [9.17, 15) is 10.1 Å². The Morgan fingerprint density at radius 2 is 1.71 bits per heavy atom. The first-order valence-electron chi connectivity index (χ1n) is 6.60. The number of benzene rings is 2. The zero-order chi connectivity index (χ0) is 15.6. The van der Waals surface area contributed by atoms with Crippen molar-refractivity contribution in [2.75, 3.05) is 5.73 Å². The molecule has 0 aliphatic carbocycles. The maximum atomic E-state index is 10.7. The van der Waals surface area contributed by atoms with Crippen LogP contribution in [0.5, 0.6) is 11.5 Å². The second-order valence-electron chi connectivity index (χ2n) is 5.86. The standard InChI is InChI=1S/C16H18N2O3/c1-16(2,3)11-4-7-13(8-5-11)21-15-9-6-12(18(19)20)10-14(15)17/h4-10H,17H2,1-3H3. The quantitative estimate of drug-likeness (QED) is 0.519. The van der Waals surface area contributed by atoms with Crippen LogP contribution in [0.1, 0.15) is 26.3 Å². The molecule has 5 nitrogen and oxygen atoms in total. The summed E-state index contributed by atoms with van der Waals surface area (Å²) in [4.78, 5) is 10.2. The molecule has 2 aromatic carbocycles. The van der Waals surface area contributed by atoms with Gasteiger partial charge in [0.25, 0.3) is 5.69 Å². The average molecular weight is 286 g/mol. The van der Waals surface area contributed by atoms with Gasteiger partial charge in [-0.2, -0.15) is 0 Å². The van der Waals surface area contributed by atoms with Crippen LogP contribution in [-0.4, -0.2) is 4.92 Å². The van der Waals surface area contributed by atoms with E-state index in [2.05, 4.69) is 20.8 Å². The fraction of sp³-hybridized carbons (Fsp3) is 0.250. The van der Waals surface area contributed by atoms with Crippen LogP contribution in [-0.2, 0) is 5.41 Å². The van der Waals surface area contributed by atoms with Gasteiger partial charge < -0.3 is 10.5 Å². The molecule has 0 saturated heterocycles. The van der Waals surface area contributed by atoms with Gasteiger partial charge in [-0.15, -0.1) is 0 Å². The summed E-state index contributed by atoms with van der Waals surface area (Å²) in [6.07, 6.45) is 0. The lowest BCUT2D eigenvalue weighted by Gasteiger charge is -2.19. The summed E-state index contributed by atoms with van der Waals surface area (Å²) < 4.78 is 5.66. The molecule has 0 heterocycles. The predicted molar refractivity (Wildman–Crippen MR) is 82.7 cm³/mol. The van der Waals surface area contributed by atoms with E-state index in [0.717, 1.165) is 0 Å². The molecule has 21 heavy (non-hydrogen) atoms. The van der Waals surface area contributed by atoms with Gasteiger partial charge in [0.2, 0.25) is 0 Å². The highest BCUT2D eigenvalue weighted by Crippen LogP contribution is 2.31. The summed E-state index contributed by atoms with van der Waals surface area (Å²) in [6.45, 7) is 6.41. The molecular formula is C16H18N2O3. The number of non-ortho nitro benzene ring substituents is 1. The fourth-order valence-corrected chi connectivity index (χ4v) is 1.89. The maximum absolute atomic E-state index is 10.7. The average Bonchev–Trinajstić information content (AvgIpc) is 2.40. The molecule has 2 aromatic rings. The minimum atomic E-state index is -0.488. The molecule has 0 amide bonds. The molecule has 0 atom stereocenters. The molecular weight excluding hydrogens is 268 g/mol. The number of ether oxygens (including phenoxy) is 1. The molecule has 110 valence electrons. The van der Waals surface area contributed by atoms with Crippen LogP contribution in [0.2, 0.25) is 0 Å². The summed E-state index contributed by atoms with van der Waals surface area (Å²) in [5, 5.41) is 10.7. The molecule has 0 spiro atoms. The smallest absolute Gasteiger partial charge is 0.271 e. The maximum Gasteiger partial charge on any atom is 0.271 e. The van der Waals surface area contributed by atoms with Crippen molar-refractivity contribution in [1.82, 2.24) is 0 Å². The molecule has 0 saturated carbocycles. The molecule has 0 fully saturated rings. The molecule has 0 aromatic heterocycles. The van der Waals surface area contributed by atoms with Crippen LogP contribution in [0.3, 0.4) is 0 Å². The number of nitrogens with two attached hydrogens (primary N) is 1. The Bertz CT molecular complexity index is 658. The van der Waals surface area contributed by atoms with Gasteiger partial charge in [-0.1, -0.05) is 32.9 Å². The van der Waals surface area contributed by atoms with E-state index in [1.54, 1.807) is 0 Å². The zero-order valence-corrected chi connectivity index (χ0v) is 12.3. The van der Waals surface area contributed by atoms with Crippen molar-refractivity contribution in [3.63, 3.8) is 0 Å². The second-order valence-corrected chi connectivity index (χ2v) is 5.86. The van der Waals surface area contributed by atoms with E-state index in [4.69, 9.17) is 10.5 Å². The molecule has 0 unspecified atom stereocenters. The van der Waals surface area contributed by atoms with Crippen molar-refractivity contribution in [1.29, 1.82) is 0 Å². The number of anilines is 1. The Morgan fingerprint density at radius 1 is 1.10 bits per heavy atom. The highest BCUT2D eigenvalue weighted by molar-refractivity contribution is 5.59. The van der Waals surface area contributed by atoms with Crippen LogP contribution in [0.4, 0.5) is 11.4 Å². The molecule has 2 rings (SSSR count).